The van der Waals surface area contributed by atoms with Crippen LogP contribution in [-0.2, 0) is 9.59 Å². The number of imide groups is 1. The zero-order valence-electron chi connectivity index (χ0n) is 8.82. The third-order valence-corrected chi connectivity index (χ3v) is 3.60. The standard InChI is InChI=1S/C11H17NO2/c1-3-12-10(13)8-5-4-7(2)6-9(8)11(12)14/h7-9H,3-6H2,1-2H3/t7-,8+,9-/m1/s1. The highest BCUT2D eigenvalue weighted by Gasteiger charge is 2.48. The molecule has 0 aromatic carbocycles. The quantitative estimate of drug-likeness (QED) is 0.593. The molecular formula is C11H17NO2. The number of carbonyl (C=O) groups excluding carboxylic acids is 2. The highest BCUT2D eigenvalue weighted by molar-refractivity contribution is 6.05. The van der Waals surface area contributed by atoms with E-state index >= 15 is 0 Å². The van der Waals surface area contributed by atoms with Gasteiger partial charge in [0.1, 0.15) is 0 Å². The zero-order chi connectivity index (χ0) is 10.3. The van der Waals surface area contributed by atoms with Crippen LogP contribution < -0.4 is 0 Å². The Kier molecular flexibility index (Phi) is 2.33. The molecule has 2 amide bonds. The largest absolute Gasteiger partial charge is 0.282 e. The van der Waals surface area contributed by atoms with Crippen LogP contribution in [0.1, 0.15) is 33.1 Å². The molecule has 0 bridgehead atoms. The van der Waals surface area contributed by atoms with Crippen LogP contribution in [0.15, 0.2) is 0 Å². The van der Waals surface area contributed by atoms with Crippen LogP contribution in [0.3, 0.4) is 0 Å². The van der Waals surface area contributed by atoms with Crippen LogP contribution in [0.5, 0.6) is 0 Å². The van der Waals surface area contributed by atoms with E-state index in [0.29, 0.717) is 12.5 Å². The van der Waals surface area contributed by atoms with E-state index in [1.807, 2.05) is 6.92 Å². The lowest BCUT2D eigenvalue weighted by Crippen LogP contribution is -2.30. The summed E-state index contributed by atoms with van der Waals surface area (Å²) in [5.41, 5.74) is 0. The molecule has 3 nitrogen and oxygen atoms in total. The molecule has 0 aromatic heterocycles. The molecule has 0 radical (unpaired) electrons. The Balaban J connectivity index is 2.21. The smallest absolute Gasteiger partial charge is 0.233 e. The minimum atomic E-state index is 0.00574. The first-order valence-electron chi connectivity index (χ1n) is 5.50. The molecule has 2 rings (SSSR count). The molecule has 0 aromatic rings. The van der Waals surface area contributed by atoms with Crippen LogP contribution in [0.2, 0.25) is 0 Å². The van der Waals surface area contributed by atoms with Gasteiger partial charge >= 0.3 is 0 Å². The van der Waals surface area contributed by atoms with Gasteiger partial charge in [0.2, 0.25) is 11.8 Å². The maximum absolute atomic E-state index is 11.8. The number of hydrogen-bond acceptors (Lipinski definition) is 2. The van der Waals surface area contributed by atoms with Gasteiger partial charge in [0.25, 0.3) is 0 Å². The molecule has 3 heteroatoms. The fraction of sp³-hybridized carbons (Fsp3) is 0.818. The van der Waals surface area contributed by atoms with Crippen molar-refractivity contribution in [3.8, 4) is 0 Å². The molecule has 14 heavy (non-hydrogen) atoms. The first kappa shape index (κ1) is 9.69. The number of amides is 2. The number of fused-ring (bicyclic) bond motifs is 1. The molecule has 2 aliphatic rings. The summed E-state index contributed by atoms with van der Waals surface area (Å²) in [6.07, 6.45) is 2.91. The Hall–Kier alpha value is -0.860. The maximum Gasteiger partial charge on any atom is 0.233 e. The fourth-order valence-corrected chi connectivity index (χ4v) is 2.77. The van der Waals surface area contributed by atoms with Crippen molar-refractivity contribution in [3.63, 3.8) is 0 Å². The molecule has 1 saturated carbocycles. The molecule has 1 heterocycles. The first-order valence-corrected chi connectivity index (χ1v) is 5.50. The van der Waals surface area contributed by atoms with Crippen molar-refractivity contribution in [1.29, 1.82) is 0 Å². The molecule has 0 spiro atoms. The van der Waals surface area contributed by atoms with Crippen molar-refractivity contribution in [3.05, 3.63) is 0 Å². The third kappa shape index (κ3) is 1.26. The summed E-state index contributed by atoms with van der Waals surface area (Å²) in [5, 5.41) is 0. The molecule has 78 valence electrons. The lowest BCUT2D eigenvalue weighted by molar-refractivity contribution is -0.139. The van der Waals surface area contributed by atoms with Crippen molar-refractivity contribution < 1.29 is 9.59 Å². The van der Waals surface area contributed by atoms with Crippen LogP contribution in [0.4, 0.5) is 0 Å². The Morgan fingerprint density at radius 3 is 2.50 bits per heavy atom. The van der Waals surface area contributed by atoms with E-state index in [1.54, 1.807) is 0 Å². The van der Waals surface area contributed by atoms with E-state index in [1.165, 1.54) is 4.90 Å². The second-order valence-corrected chi connectivity index (χ2v) is 4.55. The van der Waals surface area contributed by atoms with Crippen molar-refractivity contribution in [2.45, 2.75) is 33.1 Å². The summed E-state index contributed by atoms with van der Waals surface area (Å²) in [4.78, 5) is 25.1. The minimum Gasteiger partial charge on any atom is -0.282 e. The van der Waals surface area contributed by atoms with E-state index in [2.05, 4.69) is 6.92 Å². The number of nitrogens with zero attached hydrogens (tertiary/aromatic N) is 1. The van der Waals surface area contributed by atoms with Crippen LogP contribution in [0.25, 0.3) is 0 Å². The number of likely N-dealkylation sites (tertiary alicyclic amines) is 1. The average Bonchev–Trinajstić information content (AvgIpc) is 2.39. The molecule has 1 saturated heterocycles. The summed E-state index contributed by atoms with van der Waals surface area (Å²) < 4.78 is 0. The molecule has 2 fully saturated rings. The monoisotopic (exact) mass is 195 g/mol. The zero-order valence-corrected chi connectivity index (χ0v) is 8.82. The maximum atomic E-state index is 11.8. The van der Waals surface area contributed by atoms with E-state index < -0.39 is 0 Å². The summed E-state index contributed by atoms with van der Waals surface area (Å²) >= 11 is 0. The van der Waals surface area contributed by atoms with Crippen molar-refractivity contribution in [2.75, 3.05) is 6.54 Å². The fourth-order valence-electron chi connectivity index (χ4n) is 2.77. The molecule has 0 unspecified atom stereocenters. The van der Waals surface area contributed by atoms with E-state index in [9.17, 15) is 9.59 Å². The molecule has 1 aliphatic carbocycles. The predicted octanol–water partition coefficient (Wildman–Crippen LogP) is 1.43. The van der Waals surface area contributed by atoms with Gasteiger partial charge < -0.3 is 0 Å². The van der Waals surface area contributed by atoms with Gasteiger partial charge in [-0.05, 0) is 32.1 Å². The Bertz CT molecular complexity index is 274. The van der Waals surface area contributed by atoms with Crippen molar-refractivity contribution in [1.82, 2.24) is 4.90 Å². The second kappa shape index (κ2) is 3.37. The third-order valence-electron chi connectivity index (χ3n) is 3.60. The summed E-state index contributed by atoms with van der Waals surface area (Å²) in [6.45, 7) is 4.58. The SMILES string of the molecule is CCN1C(=O)[C@H]2CC[C@@H](C)C[C@H]2C1=O. The Morgan fingerprint density at radius 2 is 1.86 bits per heavy atom. The van der Waals surface area contributed by atoms with Gasteiger partial charge in [-0.2, -0.15) is 0 Å². The molecule has 0 N–H and O–H groups in total. The average molecular weight is 195 g/mol. The summed E-state index contributed by atoms with van der Waals surface area (Å²) in [5.74, 6) is 0.776. The lowest BCUT2D eigenvalue weighted by Gasteiger charge is -2.25. The number of rotatable bonds is 1. The first-order chi connectivity index (χ1) is 6.65. The summed E-state index contributed by atoms with van der Waals surface area (Å²) in [7, 11) is 0. The van der Waals surface area contributed by atoms with Gasteiger partial charge in [0, 0.05) is 6.54 Å². The normalized spacial score (nSPS) is 37.6. The molecular weight excluding hydrogens is 178 g/mol. The topological polar surface area (TPSA) is 37.4 Å². The minimum absolute atomic E-state index is 0.00574. The van der Waals surface area contributed by atoms with Gasteiger partial charge in [-0.3, -0.25) is 14.5 Å². The van der Waals surface area contributed by atoms with Crippen molar-refractivity contribution in [2.24, 2.45) is 17.8 Å². The van der Waals surface area contributed by atoms with Crippen molar-refractivity contribution >= 4 is 11.8 Å². The van der Waals surface area contributed by atoms with E-state index in [-0.39, 0.29) is 23.7 Å². The van der Waals surface area contributed by atoms with Crippen LogP contribution in [-0.4, -0.2) is 23.3 Å². The van der Waals surface area contributed by atoms with Gasteiger partial charge in [0.05, 0.1) is 11.8 Å². The van der Waals surface area contributed by atoms with E-state index in [0.717, 1.165) is 19.3 Å². The Morgan fingerprint density at radius 1 is 1.21 bits per heavy atom. The highest BCUT2D eigenvalue weighted by atomic mass is 16.2. The summed E-state index contributed by atoms with van der Waals surface area (Å²) in [6, 6.07) is 0. The lowest BCUT2D eigenvalue weighted by atomic mass is 9.76. The van der Waals surface area contributed by atoms with Crippen LogP contribution >= 0.6 is 0 Å². The number of hydrogen-bond donors (Lipinski definition) is 0. The van der Waals surface area contributed by atoms with Gasteiger partial charge in [-0.1, -0.05) is 6.92 Å². The molecule has 3 atom stereocenters. The number of carbonyl (C=O) groups is 2. The predicted molar refractivity (Wildman–Crippen MR) is 52.4 cm³/mol. The molecule has 1 aliphatic heterocycles. The van der Waals surface area contributed by atoms with Crippen LogP contribution in [0, 0.1) is 17.8 Å². The van der Waals surface area contributed by atoms with Gasteiger partial charge in [-0.25, -0.2) is 0 Å². The second-order valence-electron chi connectivity index (χ2n) is 4.55. The van der Waals surface area contributed by atoms with E-state index in [4.69, 9.17) is 0 Å². The van der Waals surface area contributed by atoms with Gasteiger partial charge in [0.15, 0.2) is 0 Å². The van der Waals surface area contributed by atoms with Gasteiger partial charge in [-0.15, -0.1) is 0 Å². The highest BCUT2D eigenvalue weighted by Crippen LogP contribution is 2.40. The Labute approximate surface area is 84.5 Å².